The first-order chi connectivity index (χ1) is 12.3. The lowest BCUT2D eigenvalue weighted by Crippen LogP contribution is -2.34. The highest BCUT2D eigenvalue weighted by molar-refractivity contribution is 5.29. The van der Waals surface area contributed by atoms with Crippen molar-refractivity contribution in [3.8, 4) is 5.75 Å². The van der Waals surface area contributed by atoms with E-state index in [2.05, 4.69) is 66.8 Å². The summed E-state index contributed by atoms with van der Waals surface area (Å²) in [4.78, 5) is 0. The van der Waals surface area contributed by atoms with Crippen LogP contribution in [0.1, 0.15) is 62.0 Å². The van der Waals surface area contributed by atoms with Crippen LogP contribution < -0.4 is 10.1 Å². The molecule has 1 fully saturated rings. The van der Waals surface area contributed by atoms with Gasteiger partial charge in [-0.3, -0.25) is 0 Å². The van der Waals surface area contributed by atoms with Gasteiger partial charge in [0.05, 0.1) is 7.11 Å². The third kappa shape index (κ3) is 5.09. The van der Waals surface area contributed by atoms with Gasteiger partial charge < -0.3 is 10.1 Å². The molecular weight excluding hydrogens is 306 g/mol. The average Bonchev–Trinajstić information content (AvgIpc) is 2.69. The molecule has 2 aromatic rings. The highest BCUT2D eigenvalue weighted by Crippen LogP contribution is 2.33. The number of benzene rings is 2. The molecule has 1 N–H and O–H groups in total. The minimum atomic E-state index is 0.620. The lowest BCUT2D eigenvalue weighted by molar-refractivity contribution is 0.336. The summed E-state index contributed by atoms with van der Waals surface area (Å²) in [5.41, 5.74) is 2.91. The molecule has 2 heteroatoms. The molecule has 0 radical (unpaired) electrons. The standard InChI is InChI=1S/C23H31NO/c1-18(19-7-4-3-5-8-19)15-16-24-22-10-6-9-21(17-22)20-11-13-23(25-2)14-12-20/h3-5,7-8,11-14,18,21-22,24H,6,9-10,15-17H2,1-2H3. The quantitative estimate of drug-likeness (QED) is 0.720. The zero-order chi connectivity index (χ0) is 17.5. The predicted octanol–water partition coefficient (Wildman–Crippen LogP) is 5.50. The maximum Gasteiger partial charge on any atom is 0.118 e. The lowest BCUT2D eigenvalue weighted by atomic mass is 9.81. The van der Waals surface area contributed by atoms with Crippen LogP contribution in [0.2, 0.25) is 0 Å². The first-order valence-electron chi connectivity index (χ1n) is 9.68. The number of methoxy groups -OCH3 is 1. The van der Waals surface area contributed by atoms with E-state index in [1.807, 2.05) is 0 Å². The van der Waals surface area contributed by atoms with Crippen molar-refractivity contribution in [2.75, 3.05) is 13.7 Å². The van der Waals surface area contributed by atoms with Crippen LogP contribution in [0.25, 0.3) is 0 Å². The van der Waals surface area contributed by atoms with E-state index in [0.717, 1.165) is 12.3 Å². The molecule has 134 valence electrons. The summed E-state index contributed by atoms with van der Waals surface area (Å²) in [5.74, 6) is 2.25. The van der Waals surface area contributed by atoms with Crippen LogP contribution in [-0.4, -0.2) is 19.7 Å². The van der Waals surface area contributed by atoms with E-state index in [9.17, 15) is 0 Å². The molecule has 0 amide bonds. The van der Waals surface area contributed by atoms with Crippen LogP contribution >= 0.6 is 0 Å². The van der Waals surface area contributed by atoms with Crippen LogP contribution in [-0.2, 0) is 0 Å². The van der Waals surface area contributed by atoms with Crippen molar-refractivity contribution in [3.63, 3.8) is 0 Å². The smallest absolute Gasteiger partial charge is 0.118 e. The molecule has 2 nitrogen and oxygen atoms in total. The summed E-state index contributed by atoms with van der Waals surface area (Å²) in [5, 5.41) is 3.82. The van der Waals surface area contributed by atoms with Gasteiger partial charge in [0.15, 0.2) is 0 Å². The monoisotopic (exact) mass is 337 g/mol. The third-order valence-electron chi connectivity index (χ3n) is 5.64. The second-order valence-electron chi connectivity index (χ2n) is 7.39. The van der Waals surface area contributed by atoms with E-state index in [4.69, 9.17) is 4.74 Å². The van der Waals surface area contributed by atoms with E-state index in [-0.39, 0.29) is 0 Å². The van der Waals surface area contributed by atoms with Crippen molar-refractivity contribution in [1.29, 1.82) is 0 Å². The number of rotatable bonds is 7. The molecule has 3 atom stereocenters. The maximum absolute atomic E-state index is 5.28. The van der Waals surface area contributed by atoms with Crippen molar-refractivity contribution in [1.82, 2.24) is 5.32 Å². The molecule has 2 aromatic carbocycles. The molecule has 1 aliphatic rings. The number of hydrogen-bond donors (Lipinski definition) is 1. The Kier molecular flexibility index (Phi) is 6.52. The van der Waals surface area contributed by atoms with Gasteiger partial charge in [-0.05, 0) is 67.3 Å². The molecular formula is C23H31NO. The van der Waals surface area contributed by atoms with E-state index >= 15 is 0 Å². The lowest BCUT2D eigenvalue weighted by Gasteiger charge is -2.30. The normalized spacial score (nSPS) is 21.7. The third-order valence-corrected chi connectivity index (χ3v) is 5.64. The number of nitrogens with one attached hydrogen (secondary N) is 1. The Morgan fingerprint density at radius 1 is 1.04 bits per heavy atom. The molecule has 0 bridgehead atoms. The maximum atomic E-state index is 5.28. The Balaban J connectivity index is 1.46. The molecule has 0 spiro atoms. The van der Waals surface area contributed by atoms with Crippen molar-refractivity contribution >= 4 is 0 Å². The predicted molar refractivity (Wildman–Crippen MR) is 105 cm³/mol. The van der Waals surface area contributed by atoms with Crippen LogP contribution in [0.5, 0.6) is 5.75 Å². The Labute approximate surface area is 152 Å². The van der Waals surface area contributed by atoms with Crippen molar-refractivity contribution in [2.24, 2.45) is 0 Å². The van der Waals surface area contributed by atoms with Gasteiger partial charge in [0.2, 0.25) is 0 Å². The second kappa shape index (κ2) is 9.05. The van der Waals surface area contributed by atoms with Crippen LogP contribution in [0.3, 0.4) is 0 Å². The molecule has 3 unspecified atom stereocenters. The van der Waals surface area contributed by atoms with Gasteiger partial charge >= 0.3 is 0 Å². The summed E-state index contributed by atoms with van der Waals surface area (Å²) in [7, 11) is 1.73. The van der Waals surface area contributed by atoms with Crippen molar-refractivity contribution in [3.05, 3.63) is 65.7 Å². The van der Waals surface area contributed by atoms with E-state index in [1.54, 1.807) is 7.11 Å². The molecule has 0 saturated heterocycles. The average molecular weight is 338 g/mol. The van der Waals surface area contributed by atoms with Crippen molar-refractivity contribution < 1.29 is 4.74 Å². The summed E-state index contributed by atoms with van der Waals surface area (Å²) in [6.07, 6.45) is 6.40. The van der Waals surface area contributed by atoms with Crippen LogP contribution in [0.4, 0.5) is 0 Å². The molecule has 25 heavy (non-hydrogen) atoms. The summed E-state index contributed by atoms with van der Waals surface area (Å²) >= 11 is 0. The van der Waals surface area contributed by atoms with E-state index in [0.29, 0.717) is 17.9 Å². The zero-order valence-corrected chi connectivity index (χ0v) is 15.6. The summed E-state index contributed by atoms with van der Waals surface area (Å²) < 4.78 is 5.28. The SMILES string of the molecule is COc1ccc(C2CCCC(NCCC(C)c3ccccc3)C2)cc1. The summed E-state index contributed by atoms with van der Waals surface area (Å²) in [6, 6.07) is 20.2. The van der Waals surface area contributed by atoms with Crippen molar-refractivity contribution in [2.45, 2.75) is 56.9 Å². The largest absolute Gasteiger partial charge is 0.497 e. The van der Waals surface area contributed by atoms with Gasteiger partial charge in [-0.1, -0.05) is 55.8 Å². The molecule has 1 saturated carbocycles. The fourth-order valence-electron chi connectivity index (χ4n) is 4.01. The highest BCUT2D eigenvalue weighted by Gasteiger charge is 2.23. The number of ether oxygens (including phenoxy) is 1. The molecule has 0 heterocycles. The molecule has 0 aliphatic heterocycles. The first-order valence-corrected chi connectivity index (χ1v) is 9.68. The molecule has 3 rings (SSSR count). The Morgan fingerprint density at radius 2 is 1.80 bits per heavy atom. The second-order valence-corrected chi connectivity index (χ2v) is 7.39. The topological polar surface area (TPSA) is 21.3 Å². The number of hydrogen-bond acceptors (Lipinski definition) is 2. The molecule has 1 aliphatic carbocycles. The minimum Gasteiger partial charge on any atom is -0.497 e. The minimum absolute atomic E-state index is 0.620. The van der Waals surface area contributed by atoms with E-state index < -0.39 is 0 Å². The van der Waals surface area contributed by atoms with E-state index in [1.165, 1.54) is 43.2 Å². The summed E-state index contributed by atoms with van der Waals surface area (Å²) in [6.45, 7) is 3.44. The fourth-order valence-corrected chi connectivity index (χ4v) is 4.01. The Morgan fingerprint density at radius 3 is 2.52 bits per heavy atom. The Bertz CT molecular complexity index is 622. The fraction of sp³-hybridized carbons (Fsp3) is 0.478. The first kappa shape index (κ1) is 18.0. The molecule has 0 aromatic heterocycles. The van der Waals surface area contributed by atoms with Gasteiger partial charge in [0.25, 0.3) is 0 Å². The van der Waals surface area contributed by atoms with Gasteiger partial charge in [-0.2, -0.15) is 0 Å². The highest BCUT2D eigenvalue weighted by atomic mass is 16.5. The van der Waals surface area contributed by atoms with Gasteiger partial charge in [0.1, 0.15) is 5.75 Å². The van der Waals surface area contributed by atoms with Gasteiger partial charge in [0, 0.05) is 6.04 Å². The zero-order valence-electron chi connectivity index (χ0n) is 15.6. The van der Waals surface area contributed by atoms with Gasteiger partial charge in [-0.15, -0.1) is 0 Å². The van der Waals surface area contributed by atoms with Gasteiger partial charge in [-0.25, -0.2) is 0 Å². The van der Waals surface area contributed by atoms with Crippen LogP contribution in [0.15, 0.2) is 54.6 Å². The Hall–Kier alpha value is -1.80. The van der Waals surface area contributed by atoms with Crippen LogP contribution in [0, 0.1) is 0 Å².